The zero-order valence-corrected chi connectivity index (χ0v) is 17.0. The maximum Gasteiger partial charge on any atom is 0.241 e. The van der Waals surface area contributed by atoms with Crippen molar-refractivity contribution in [3.05, 3.63) is 76.6 Å². The Balaban J connectivity index is 1.70. The number of aromatic nitrogens is 2. The summed E-state index contributed by atoms with van der Waals surface area (Å²) in [5.41, 5.74) is 5.66. The molecule has 0 unspecified atom stereocenters. The van der Waals surface area contributed by atoms with Crippen molar-refractivity contribution < 1.29 is 8.42 Å². The third kappa shape index (κ3) is 4.12. The average Bonchev–Trinajstić information content (AvgIpc) is 3.15. The van der Waals surface area contributed by atoms with Crippen LogP contribution in [0.5, 0.6) is 0 Å². The molecular formula is C21H25N3O2S. The van der Waals surface area contributed by atoms with Gasteiger partial charge in [-0.15, -0.1) is 0 Å². The van der Waals surface area contributed by atoms with Gasteiger partial charge in [0.05, 0.1) is 10.6 Å². The summed E-state index contributed by atoms with van der Waals surface area (Å²) < 4.78 is 30.3. The van der Waals surface area contributed by atoms with Crippen molar-refractivity contribution in [1.29, 1.82) is 0 Å². The van der Waals surface area contributed by atoms with Gasteiger partial charge in [-0.1, -0.05) is 18.2 Å². The SMILES string of the molecule is Cc1cc(C)c(C)c(S(=O)(=O)NCCc2ccc(-n3cccn3)cc2)c1C. The Hall–Kier alpha value is -2.44. The molecule has 0 bridgehead atoms. The van der Waals surface area contributed by atoms with Gasteiger partial charge < -0.3 is 0 Å². The molecule has 0 amide bonds. The second-order valence-corrected chi connectivity index (χ2v) is 8.56. The second-order valence-electron chi connectivity index (χ2n) is 6.85. The number of hydrogen-bond donors (Lipinski definition) is 1. The Kier molecular flexibility index (Phi) is 5.48. The number of aryl methyl sites for hydroxylation is 2. The molecular weight excluding hydrogens is 358 g/mol. The number of benzene rings is 2. The summed E-state index contributed by atoms with van der Waals surface area (Å²) in [5.74, 6) is 0. The monoisotopic (exact) mass is 383 g/mol. The van der Waals surface area contributed by atoms with Crippen LogP contribution in [0.2, 0.25) is 0 Å². The molecule has 6 heteroatoms. The Bertz CT molecular complexity index is 1010. The zero-order valence-electron chi connectivity index (χ0n) is 16.2. The lowest BCUT2D eigenvalue weighted by molar-refractivity contribution is 0.580. The average molecular weight is 384 g/mol. The predicted molar refractivity (Wildman–Crippen MR) is 108 cm³/mol. The fourth-order valence-corrected chi connectivity index (χ4v) is 4.87. The number of hydrogen-bond acceptors (Lipinski definition) is 3. The first-order valence-electron chi connectivity index (χ1n) is 8.95. The van der Waals surface area contributed by atoms with Crippen LogP contribution in [0.3, 0.4) is 0 Å². The molecule has 0 saturated heterocycles. The van der Waals surface area contributed by atoms with E-state index >= 15 is 0 Å². The van der Waals surface area contributed by atoms with Crippen molar-refractivity contribution in [2.45, 2.75) is 39.0 Å². The van der Waals surface area contributed by atoms with Gasteiger partial charge in [-0.2, -0.15) is 5.10 Å². The van der Waals surface area contributed by atoms with E-state index < -0.39 is 10.0 Å². The van der Waals surface area contributed by atoms with Crippen molar-refractivity contribution in [1.82, 2.24) is 14.5 Å². The first kappa shape index (κ1) is 19.3. The molecule has 2 aromatic carbocycles. The minimum absolute atomic E-state index is 0.356. The molecule has 0 spiro atoms. The summed E-state index contributed by atoms with van der Waals surface area (Å²) in [4.78, 5) is 0.411. The molecule has 27 heavy (non-hydrogen) atoms. The molecule has 0 aliphatic rings. The summed E-state index contributed by atoms with van der Waals surface area (Å²) in [5, 5.41) is 4.20. The molecule has 0 radical (unpaired) electrons. The summed E-state index contributed by atoms with van der Waals surface area (Å²) in [6.07, 6.45) is 4.25. The van der Waals surface area contributed by atoms with Gasteiger partial charge in [0.1, 0.15) is 0 Å². The van der Waals surface area contributed by atoms with Crippen molar-refractivity contribution in [2.24, 2.45) is 0 Å². The molecule has 1 heterocycles. The van der Waals surface area contributed by atoms with Gasteiger partial charge >= 0.3 is 0 Å². The van der Waals surface area contributed by atoms with Gasteiger partial charge in [-0.25, -0.2) is 17.8 Å². The van der Waals surface area contributed by atoms with E-state index in [1.165, 1.54) is 0 Å². The lowest BCUT2D eigenvalue weighted by Crippen LogP contribution is -2.27. The van der Waals surface area contributed by atoms with Crippen LogP contribution in [0.4, 0.5) is 0 Å². The van der Waals surface area contributed by atoms with Gasteiger partial charge in [-0.05, 0) is 80.1 Å². The van der Waals surface area contributed by atoms with Crippen LogP contribution >= 0.6 is 0 Å². The highest BCUT2D eigenvalue weighted by Crippen LogP contribution is 2.25. The Morgan fingerprint density at radius 1 is 1.00 bits per heavy atom. The predicted octanol–water partition coefficient (Wildman–Crippen LogP) is 3.63. The Morgan fingerprint density at radius 2 is 1.63 bits per heavy atom. The Morgan fingerprint density at radius 3 is 2.19 bits per heavy atom. The molecule has 0 aliphatic carbocycles. The molecule has 0 saturated carbocycles. The van der Waals surface area contributed by atoms with Crippen LogP contribution < -0.4 is 4.72 Å². The third-order valence-corrected chi connectivity index (χ3v) is 6.71. The fourth-order valence-electron chi connectivity index (χ4n) is 3.22. The van der Waals surface area contributed by atoms with E-state index in [9.17, 15) is 8.42 Å². The number of sulfonamides is 1. The van der Waals surface area contributed by atoms with E-state index in [1.54, 1.807) is 10.9 Å². The van der Waals surface area contributed by atoms with Gasteiger partial charge in [0.25, 0.3) is 0 Å². The number of nitrogens with one attached hydrogen (secondary N) is 1. The highest BCUT2D eigenvalue weighted by molar-refractivity contribution is 7.89. The summed E-state index contributed by atoms with van der Waals surface area (Å²) >= 11 is 0. The van der Waals surface area contributed by atoms with Crippen molar-refractivity contribution in [3.63, 3.8) is 0 Å². The summed E-state index contributed by atoms with van der Waals surface area (Å²) in [6, 6.07) is 11.9. The first-order valence-corrected chi connectivity index (χ1v) is 10.4. The van der Waals surface area contributed by atoms with E-state index in [1.807, 2.05) is 70.3 Å². The van der Waals surface area contributed by atoms with E-state index in [-0.39, 0.29) is 0 Å². The van der Waals surface area contributed by atoms with Crippen LogP contribution in [0, 0.1) is 27.7 Å². The lowest BCUT2D eigenvalue weighted by atomic mass is 10.0. The normalized spacial score (nSPS) is 11.7. The highest BCUT2D eigenvalue weighted by atomic mass is 32.2. The van der Waals surface area contributed by atoms with Crippen LogP contribution in [-0.2, 0) is 16.4 Å². The van der Waals surface area contributed by atoms with E-state index in [2.05, 4.69) is 9.82 Å². The summed E-state index contributed by atoms with van der Waals surface area (Å²) in [6.45, 7) is 7.98. The molecule has 1 N–H and O–H groups in total. The quantitative estimate of drug-likeness (QED) is 0.707. The van der Waals surface area contributed by atoms with Crippen molar-refractivity contribution in [3.8, 4) is 5.69 Å². The molecule has 5 nitrogen and oxygen atoms in total. The van der Waals surface area contributed by atoms with Gasteiger partial charge in [0.15, 0.2) is 0 Å². The van der Waals surface area contributed by atoms with Crippen LogP contribution in [0.15, 0.2) is 53.7 Å². The standard InChI is InChI=1S/C21H25N3O2S/c1-15-14-16(2)18(4)21(17(15)3)27(25,26)23-12-10-19-6-8-20(9-7-19)24-13-5-11-22-24/h5-9,11,13-14,23H,10,12H2,1-4H3. The smallest absolute Gasteiger partial charge is 0.241 e. The fraction of sp³-hybridized carbons (Fsp3) is 0.286. The largest absolute Gasteiger partial charge is 0.241 e. The molecule has 3 rings (SSSR count). The maximum atomic E-state index is 12.9. The van der Waals surface area contributed by atoms with E-state index in [4.69, 9.17) is 0 Å². The molecule has 1 aromatic heterocycles. The minimum Gasteiger partial charge on any atom is -0.241 e. The minimum atomic E-state index is -3.54. The van der Waals surface area contributed by atoms with Crippen LogP contribution in [-0.4, -0.2) is 24.7 Å². The van der Waals surface area contributed by atoms with Gasteiger partial charge in [0, 0.05) is 18.9 Å². The highest BCUT2D eigenvalue weighted by Gasteiger charge is 2.21. The molecule has 3 aromatic rings. The van der Waals surface area contributed by atoms with Gasteiger partial charge in [0.2, 0.25) is 10.0 Å². The molecule has 0 aliphatic heterocycles. The van der Waals surface area contributed by atoms with Gasteiger partial charge in [-0.3, -0.25) is 0 Å². The molecule has 0 atom stereocenters. The van der Waals surface area contributed by atoms with Crippen molar-refractivity contribution in [2.75, 3.05) is 6.54 Å². The van der Waals surface area contributed by atoms with E-state index in [0.717, 1.165) is 33.5 Å². The number of rotatable bonds is 6. The topological polar surface area (TPSA) is 64.0 Å². The maximum absolute atomic E-state index is 12.9. The second kappa shape index (κ2) is 7.66. The summed E-state index contributed by atoms with van der Waals surface area (Å²) in [7, 11) is -3.54. The Labute approximate surface area is 161 Å². The van der Waals surface area contributed by atoms with Crippen molar-refractivity contribution >= 4 is 10.0 Å². The molecule has 142 valence electrons. The lowest BCUT2D eigenvalue weighted by Gasteiger charge is -2.16. The zero-order chi connectivity index (χ0) is 19.6. The number of nitrogens with zero attached hydrogens (tertiary/aromatic N) is 2. The van der Waals surface area contributed by atoms with Crippen LogP contribution in [0.1, 0.15) is 27.8 Å². The van der Waals surface area contributed by atoms with Crippen LogP contribution in [0.25, 0.3) is 5.69 Å². The third-order valence-electron chi connectivity index (χ3n) is 4.98. The van der Waals surface area contributed by atoms with E-state index in [0.29, 0.717) is 17.9 Å². The molecule has 0 fully saturated rings. The first-order chi connectivity index (χ1) is 12.8.